The Hall–Kier alpha value is -0.160. The first kappa shape index (κ1) is 7.84. The monoisotopic (exact) mass is 141 g/mol. The fourth-order valence-electron chi connectivity index (χ4n) is 0.0878. The van der Waals surface area contributed by atoms with Gasteiger partial charge >= 0.3 is 0 Å². The SMILES string of the molecule is CC(CF)S(N)(=O)=O. The van der Waals surface area contributed by atoms with Gasteiger partial charge in [0.05, 0.1) is 0 Å². The number of alkyl halides is 1. The van der Waals surface area contributed by atoms with E-state index < -0.39 is 21.9 Å². The van der Waals surface area contributed by atoms with Crippen molar-refractivity contribution >= 4 is 10.0 Å². The number of halogens is 1. The van der Waals surface area contributed by atoms with Gasteiger partial charge in [0.1, 0.15) is 11.9 Å². The summed E-state index contributed by atoms with van der Waals surface area (Å²) >= 11 is 0. The average molecular weight is 141 g/mol. The molecule has 0 heterocycles. The highest BCUT2D eigenvalue weighted by Gasteiger charge is 2.13. The van der Waals surface area contributed by atoms with E-state index in [4.69, 9.17) is 0 Å². The van der Waals surface area contributed by atoms with Crippen LogP contribution in [-0.2, 0) is 10.0 Å². The van der Waals surface area contributed by atoms with Gasteiger partial charge in [-0.25, -0.2) is 17.9 Å². The minimum Gasteiger partial charge on any atom is -0.250 e. The van der Waals surface area contributed by atoms with Crippen LogP contribution in [0.15, 0.2) is 0 Å². The molecule has 0 aromatic heterocycles. The molecule has 50 valence electrons. The highest BCUT2D eigenvalue weighted by Crippen LogP contribution is 1.92. The van der Waals surface area contributed by atoms with E-state index in [1.54, 1.807) is 0 Å². The summed E-state index contributed by atoms with van der Waals surface area (Å²) in [4.78, 5) is 0. The van der Waals surface area contributed by atoms with Crippen molar-refractivity contribution in [3.8, 4) is 0 Å². The molecule has 0 aliphatic heterocycles. The van der Waals surface area contributed by atoms with Gasteiger partial charge in [0.15, 0.2) is 0 Å². The lowest BCUT2D eigenvalue weighted by atomic mass is 10.5. The lowest BCUT2D eigenvalue weighted by Gasteiger charge is -1.99. The van der Waals surface area contributed by atoms with Crippen LogP contribution in [0.2, 0.25) is 0 Å². The molecule has 0 fully saturated rings. The van der Waals surface area contributed by atoms with E-state index in [2.05, 4.69) is 5.14 Å². The van der Waals surface area contributed by atoms with Crippen LogP contribution in [0.5, 0.6) is 0 Å². The van der Waals surface area contributed by atoms with Crippen LogP contribution in [-0.4, -0.2) is 20.3 Å². The fourth-order valence-corrected chi connectivity index (χ4v) is 0.263. The topological polar surface area (TPSA) is 60.2 Å². The van der Waals surface area contributed by atoms with Gasteiger partial charge in [0.2, 0.25) is 10.0 Å². The molecule has 0 rings (SSSR count). The fraction of sp³-hybridized carbons (Fsp3) is 1.00. The van der Waals surface area contributed by atoms with E-state index in [0.29, 0.717) is 0 Å². The quantitative estimate of drug-likeness (QED) is 0.570. The number of primary sulfonamides is 1. The smallest absolute Gasteiger partial charge is 0.214 e. The van der Waals surface area contributed by atoms with Crippen molar-refractivity contribution in [2.45, 2.75) is 12.2 Å². The molecule has 8 heavy (non-hydrogen) atoms. The molecule has 1 atom stereocenters. The maximum atomic E-state index is 11.4. The third kappa shape index (κ3) is 2.23. The molecule has 0 saturated carbocycles. The highest BCUT2D eigenvalue weighted by molar-refractivity contribution is 7.89. The zero-order valence-corrected chi connectivity index (χ0v) is 5.28. The van der Waals surface area contributed by atoms with Crippen molar-refractivity contribution in [3.05, 3.63) is 0 Å². The van der Waals surface area contributed by atoms with Gasteiger partial charge in [-0.15, -0.1) is 0 Å². The first-order valence-electron chi connectivity index (χ1n) is 2.06. The maximum Gasteiger partial charge on any atom is 0.214 e. The minimum atomic E-state index is -3.63. The molecule has 0 bridgehead atoms. The van der Waals surface area contributed by atoms with E-state index in [1.165, 1.54) is 6.92 Å². The Morgan fingerprint density at radius 1 is 1.75 bits per heavy atom. The number of hydrogen-bond acceptors (Lipinski definition) is 2. The summed E-state index contributed by atoms with van der Waals surface area (Å²) in [6.45, 7) is 0.300. The Kier molecular flexibility index (Phi) is 2.36. The number of rotatable bonds is 2. The Balaban J connectivity index is 4.04. The Labute approximate surface area is 47.7 Å². The molecule has 0 spiro atoms. The molecule has 0 aromatic carbocycles. The molecule has 0 aromatic rings. The first-order chi connectivity index (χ1) is 3.48. The normalized spacial score (nSPS) is 15.9. The minimum absolute atomic E-state index is 0.918. The standard InChI is InChI=1S/C3H8FNO2S/c1-3(2-4)8(5,6)7/h3H,2H2,1H3,(H2,5,6,7). The second kappa shape index (κ2) is 2.41. The Bertz CT molecular complexity index is 153. The number of hydrogen-bond donors (Lipinski definition) is 1. The number of sulfonamides is 1. The lowest BCUT2D eigenvalue weighted by molar-refractivity contribution is 0.476. The molecule has 2 N–H and O–H groups in total. The maximum absolute atomic E-state index is 11.4. The van der Waals surface area contributed by atoms with Gasteiger partial charge in [0, 0.05) is 0 Å². The van der Waals surface area contributed by atoms with Crippen molar-refractivity contribution in [3.63, 3.8) is 0 Å². The predicted octanol–water partition coefficient (Wildman–Crippen LogP) is -0.367. The highest BCUT2D eigenvalue weighted by atomic mass is 32.2. The van der Waals surface area contributed by atoms with Crippen LogP contribution >= 0.6 is 0 Å². The molecule has 1 unspecified atom stereocenters. The zero-order valence-electron chi connectivity index (χ0n) is 4.46. The van der Waals surface area contributed by atoms with Crippen LogP contribution in [0.25, 0.3) is 0 Å². The molecule has 3 nitrogen and oxygen atoms in total. The van der Waals surface area contributed by atoms with Crippen LogP contribution in [0, 0.1) is 0 Å². The predicted molar refractivity (Wildman–Crippen MR) is 28.5 cm³/mol. The van der Waals surface area contributed by atoms with Crippen molar-refractivity contribution in [1.82, 2.24) is 0 Å². The van der Waals surface area contributed by atoms with Gasteiger partial charge in [-0.05, 0) is 6.92 Å². The largest absolute Gasteiger partial charge is 0.250 e. The Morgan fingerprint density at radius 3 is 2.12 bits per heavy atom. The van der Waals surface area contributed by atoms with E-state index in [0.717, 1.165) is 0 Å². The molecular weight excluding hydrogens is 133 g/mol. The summed E-state index contributed by atoms with van der Waals surface area (Å²) in [7, 11) is -3.63. The molecule has 5 heteroatoms. The van der Waals surface area contributed by atoms with Crippen LogP contribution in [0.4, 0.5) is 4.39 Å². The van der Waals surface area contributed by atoms with E-state index in [9.17, 15) is 12.8 Å². The van der Waals surface area contributed by atoms with Gasteiger partial charge in [-0.2, -0.15) is 0 Å². The lowest BCUT2D eigenvalue weighted by Crippen LogP contribution is -2.27. The van der Waals surface area contributed by atoms with Crippen molar-refractivity contribution in [1.29, 1.82) is 0 Å². The van der Waals surface area contributed by atoms with E-state index in [1.807, 2.05) is 0 Å². The second-order valence-corrected chi connectivity index (χ2v) is 3.54. The summed E-state index contributed by atoms with van der Waals surface area (Å²) in [5, 5.41) is 3.45. The van der Waals surface area contributed by atoms with E-state index in [-0.39, 0.29) is 0 Å². The molecule has 0 amide bonds. The third-order valence-corrected chi connectivity index (χ3v) is 2.03. The van der Waals surface area contributed by atoms with E-state index >= 15 is 0 Å². The van der Waals surface area contributed by atoms with Crippen molar-refractivity contribution in [2.24, 2.45) is 5.14 Å². The van der Waals surface area contributed by atoms with Crippen LogP contribution < -0.4 is 5.14 Å². The summed E-state index contributed by atoms with van der Waals surface area (Å²) < 4.78 is 31.6. The summed E-state index contributed by atoms with van der Waals surface area (Å²) in [6.07, 6.45) is 0. The van der Waals surface area contributed by atoms with Crippen molar-refractivity contribution < 1.29 is 12.8 Å². The summed E-state index contributed by atoms with van der Waals surface area (Å²) in [5.74, 6) is 0. The van der Waals surface area contributed by atoms with Crippen molar-refractivity contribution in [2.75, 3.05) is 6.67 Å². The van der Waals surface area contributed by atoms with Crippen LogP contribution in [0.1, 0.15) is 6.92 Å². The zero-order chi connectivity index (χ0) is 6.78. The van der Waals surface area contributed by atoms with Crippen LogP contribution in [0.3, 0.4) is 0 Å². The molecule has 0 saturated heterocycles. The summed E-state index contributed by atoms with van der Waals surface area (Å²) in [6, 6.07) is 0. The van der Waals surface area contributed by atoms with Gasteiger partial charge in [0.25, 0.3) is 0 Å². The first-order valence-corrected chi connectivity index (χ1v) is 3.67. The molecule has 0 aliphatic carbocycles. The third-order valence-electron chi connectivity index (χ3n) is 0.778. The number of nitrogens with two attached hydrogens (primary N) is 1. The van der Waals surface area contributed by atoms with Gasteiger partial charge in [-0.3, -0.25) is 0 Å². The second-order valence-electron chi connectivity index (χ2n) is 1.55. The average Bonchev–Trinajstić information content (AvgIpc) is 1.62. The Morgan fingerprint density at radius 2 is 2.12 bits per heavy atom. The molecule has 0 aliphatic rings. The molecular formula is C3H8FNO2S. The van der Waals surface area contributed by atoms with Gasteiger partial charge in [-0.1, -0.05) is 0 Å². The molecule has 0 radical (unpaired) electrons. The van der Waals surface area contributed by atoms with Gasteiger partial charge < -0.3 is 0 Å². The summed E-state index contributed by atoms with van der Waals surface area (Å²) in [5.41, 5.74) is 0.